The number of nitrogens with one attached hydrogen (secondary N) is 2. The number of thiazole rings is 1. The van der Waals surface area contributed by atoms with Gasteiger partial charge in [-0.2, -0.15) is 5.26 Å². The van der Waals surface area contributed by atoms with E-state index in [9.17, 15) is 0 Å². The molecule has 1 atom stereocenters. The lowest BCUT2D eigenvalue weighted by molar-refractivity contribution is 0.760. The van der Waals surface area contributed by atoms with Gasteiger partial charge in [0.25, 0.3) is 0 Å². The Morgan fingerprint density at radius 2 is 2.36 bits per heavy atom. The van der Waals surface area contributed by atoms with Gasteiger partial charge in [0, 0.05) is 13.1 Å². The van der Waals surface area contributed by atoms with Crippen molar-refractivity contribution in [2.24, 2.45) is 0 Å². The Labute approximate surface area is 88.0 Å². The average molecular weight is 210 g/mol. The molecule has 0 aliphatic carbocycles. The van der Waals surface area contributed by atoms with Crippen LogP contribution in [0.5, 0.6) is 0 Å². The van der Waals surface area contributed by atoms with Gasteiger partial charge in [0.2, 0.25) is 0 Å². The SMILES string of the molecule is CCC(C)Nc1nc(NC)sc1C#N. The third-order valence-corrected chi connectivity index (χ3v) is 2.92. The highest BCUT2D eigenvalue weighted by molar-refractivity contribution is 7.16. The zero-order chi connectivity index (χ0) is 10.6. The highest BCUT2D eigenvalue weighted by Crippen LogP contribution is 2.26. The molecule has 0 saturated heterocycles. The van der Waals surface area contributed by atoms with Crippen LogP contribution in [-0.4, -0.2) is 18.1 Å². The van der Waals surface area contributed by atoms with Gasteiger partial charge in [-0.1, -0.05) is 18.3 Å². The fourth-order valence-electron chi connectivity index (χ4n) is 0.936. The first kappa shape index (κ1) is 10.8. The fraction of sp³-hybridized carbons (Fsp3) is 0.556. The molecule has 0 aliphatic rings. The maximum atomic E-state index is 8.87. The molecule has 1 aromatic rings. The Kier molecular flexibility index (Phi) is 3.72. The summed E-state index contributed by atoms with van der Waals surface area (Å²) in [5.74, 6) is 0.691. The minimum absolute atomic E-state index is 0.342. The Balaban J connectivity index is 2.85. The second kappa shape index (κ2) is 4.82. The minimum atomic E-state index is 0.342. The van der Waals surface area contributed by atoms with Crippen molar-refractivity contribution >= 4 is 22.3 Å². The van der Waals surface area contributed by atoms with Crippen molar-refractivity contribution in [2.75, 3.05) is 17.7 Å². The first-order valence-electron chi connectivity index (χ1n) is 4.56. The van der Waals surface area contributed by atoms with Crippen molar-refractivity contribution in [3.05, 3.63) is 4.88 Å². The van der Waals surface area contributed by atoms with Gasteiger partial charge in [0.15, 0.2) is 15.8 Å². The summed E-state index contributed by atoms with van der Waals surface area (Å²) in [5, 5.41) is 15.8. The van der Waals surface area contributed by atoms with Gasteiger partial charge in [-0.25, -0.2) is 4.98 Å². The third kappa shape index (κ3) is 2.36. The van der Waals surface area contributed by atoms with Gasteiger partial charge in [-0.05, 0) is 13.3 Å². The molecule has 4 nitrogen and oxygen atoms in total. The summed E-state index contributed by atoms with van der Waals surface area (Å²) in [5.41, 5.74) is 0. The van der Waals surface area contributed by atoms with Gasteiger partial charge in [-0.15, -0.1) is 0 Å². The highest BCUT2D eigenvalue weighted by Gasteiger charge is 2.11. The molecule has 0 bridgehead atoms. The van der Waals surface area contributed by atoms with Crippen LogP contribution in [0, 0.1) is 11.3 Å². The molecule has 1 aromatic heterocycles. The van der Waals surface area contributed by atoms with Crippen LogP contribution < -0.4 is 10.6 Å². The Bertz CT molecular complexity index is 339. The standard InChI is InChI=1S/C9H14N4S/c1-4-6(2)12-8-7(5-10)14-9(11-3)13-8/h6,12H,4H2,1-3H3,(H,11,13). The van der Waals surface area contributed by atoms with Gasteiger partial charge in [-0.3, -0.25) is 0 Å². The van der Waals surface area contributed by atoms with Crippen LogP contribution in [-0.2, 0) is 0 Å². The number of hydrogen-bond donors (Lipinski definition) is 2. The van der Waals surface area contributed by atoms with Gasteiger partial charge >= 0.3 is 0 Å². The monoisotopic (exact) mass is 210 g/mol. The minimum Gasteiger partial charge on any atom is -0.366 e. The quantitative estimate of drug-likeness (QED) is 0.800. The van der Waals surface area contributed by atoms with E-state index in [1.807, 2.05) is 0 Å². The summed E-state index contributed by atoms with van der Waals surface area (Å²) >= 11 is 1.37. The molecule has 0 amide bonds. The number of hydrogen-bond acceptors (Lipinski definition) is 5. The molecule has 5 heteroatoms. The largest absolute Gasteiger partial charge is 0.366 e. The molecule has 76 valence electrons. The number of nitrogens with zero attached hydrogens (tertiary/aromatic N) is 2. The van der Waals surface area contributed by atoms with E-state index in [1.165, 1.54) is 11.3 Å². The summed E-state index contributed by atoms with van der Waals surface area (Å²) in [4.78, 5) is 4.90. The van der Waals surface area contributed by atoms with Crippen LogP contribution in [0.2, 0.25) is 0 Å². The van der Waals surface area contributed by atoms with Crippen LogP contribution in [0.25, 0.3) is 0 Å². The number of anilines is 2. The van der Waals surface area contributed by atoms with E-state index >= 15 is 0 Å². The van der Waals surface area contributed by atoms with Crippen molar-refractivity contribution in [1.82, 2.24) is 4.98 Å². The third-order valence-electron chi connectivity index (χ3n) is 1.94. The summed E-state index contributed by atoms with van der Waals surface area (Å²) in [6.07, 6.45) is 1.01. The molecule has 0 radical (unpaired) electrons. The number of aromatic nitrogens is 1. The molecule has 0 aromatic carbocycles. The van der Waals surface area contributed by atoms with E-state index in [0.717, 1.165) is 11.6 Å². The molecule has 0 fully saturated rings. The summed E-state index contributed by atoms with van der Waals surface area (Å²) < 4.78 is 0. The molecule has 0 spiro atoms. The van der Waals surface area contributed by atoms with E-state index in [4.69, 9.17) is 5.26 Å². The van der Waals surface area contributed by atoms with Crippen molar-refractivity contribution in [3.63, 3.8) is 0 Å². The molecular weight excluding hydrogens is 196 g/mol. The Hall–Kier alpha value is -1.28. The molecule has 0 saturated carbocycles. The van der Waals surface area contributed by atoms with Crippen molar-refractivity contribution in [1.29, 1.82) is 5.26 Å². The molecule has 2 N–H and O–H groups in total. The molecule has 1 unspecified atom stereocenters. The van der Waals surface area contributed by atoms with Gasteiger partial charge in [0.1, 0.15) is 6.07 Å². The van der Waals surface area contributed by atoms with E-state index in [-0.39, 0.29) is 0 Å². The van der Waals surface area contributed by atoms with Crippen molar-refractivity contribution < 1.29 is 0 Å². The lowest BCUT2D eigenvalue weighted by Gasteiger charge is -2.09. The number of rotatable bonds is 4. The van der Waals surface area contributed by atoms with Gasteiger partial charge in [0.05, 0.1) is 0 Å². The van der Waals surface area contributed by atoms with Crippen LogP contribution in [0.3, 0.4) is 0 Å². The predicted octanol–water partition coefficient (Wildman–Crippen LogP) is 2.27. The van der Waals surface area contributed by atoms with E-state index in [1.54, 1.807) is 7.05 Å². The molecular formula is C9H14N4S. The van der Waals surface area contributed by atoms with Gasteiger partial charge < -0.3 is 10.6 Å². The Morgan fingerprint density at radius 1 is 1.64 bits per heavy atom. The lowest BCUT2D eigenvalue weighted by Crippen LogP contribution is -2.14. The maximum absolute atomic E-state index is 8.87. The first-order chi connectivity index (χ1) is 6.71. The van der Waals surface area contributed by atoms with E-state index < -0.39 is 0 Å². The zero-order valence-electron chi connectivity index (χ0n) is 8.59. The second-order valence-corrected chi connectivity index (χ2v) is 4.01. The number of nitriles is 1. The maximum Gasteiger partial charge on any atom is 0.185 e. The first-order valence-corrected chi connectivity index (χ1v) is 5.38. The average Bonchev–Trinajstić information content (AvgIpc) is 2.60. The van der Waals surface area contributed by atoms with Crippen LogP contribution in [0.1, 0.15) is 25.1 Å². The molecule has 14 heavy (non-hydrogen) atoms. The molecule has 1 heterocycles. The summed E-state index contributed by atoms with van der Waals surface area (Å²) in [6, 6.07) is 2.47. The zero-order valence-corrected chi connectivity index (χ0v) is 9.40. The van der Waals surface area contributed by atoms with Crippen molar-refractivity contribution in [3.8, 4) is 6.07 Å². The molecule has 1 rings (SSSR count). The second-order valence-electron chi connectivity index (χ2n) is 3.01. The fourth-order valence-corrected chi connectivity index (χ4v) is 1.62. The van der Waals surface area contributed by atoms with Crippen LogP contribution in [0.4, 0.5) is 10.9 Å². The smallest absolute Gasteiger partial charge is 0.185 e. The highest BCUT2D eigenvalue weighted by atomic mass is 32.1. The summed E-state index contributed by atoms with van der Waals surface area (Å²) in [7, 11) is 1.80. The summed E-state index contributed by atoms with van der Waals surface area (Å²) in [6.45, 7) is 4.16. The lowest BCUT2D eigenvalue weighted by atomic mass is 10.2. The van der Waals surface area contributed by atoms with Crippen LogP contribution >= 0.6 is 11.3 Å². The normalized spacial score (nSPS) is 11.9. The predicted molar refractivity (Wildman–Crippen MR) is 59.8 cm³/mol. The topological polar surface area (TPSA) is 60.7 Å². The Morgan fingerprint density at radius 3 is 2.86 bits per heavy atom. The van der Waals surface area contributed by atoms with Crippen LogP contribution in [0.15, 0.2) is 0 Å². The van der Waals surface area contributed by atoms with Crippen molar-refractivity contribution in [2.45, 2.75) is 26.3 Å². The van der Waals surface area contributed by atoms with E-state index in [0.29, 0.717) is 16.7 Å². The van der Waals surface area contributed by atoms with E-state index in [2.05, 4.69) is 35.5 Å². The molecule has 0 aliphatic heterocycles.